The fourth-order valence-electron chi connectivity index (χ4n) is 4.09. The number of nitrogens with zero attached hydrogens (tertiary/aromatic N) is 2. The maximum absolute atomic E-state index is 13.3. The Hall–Kier alpha value is -3.15. The van der Waals surface area contributed by atoms with Gasteiger partial charge >= 0.3 is 6.03 Å². The van der Waals surface area contributed by atoms with Crippen molar-refractivity contribution in [2.24, 2.45) is 0 Å². The monoisotopic (exact) mass is 393 g/mol. The van der Waals surface area contributed by atoms with Crippen molar-refractivity contribution in [2.45, 2.75) is 33.4 Å². The summed E-state index contributed by atoms with van der Waals surface area (Å²) >= 11 is 0. The smallest absolute Gasteiger partial charge is 0.322 e. The van der Waals surface area contributed by atoms with Crippen LogP contribution in [0.3, 0.4) is 0 Å². The molecule has 150 valence electrons. The van der Waals surface area contributed by atoms with Gasteiger partial charge in [0.05, 0.1) is 23.9 Å². The molecule has 1 unspecified atom stereocenters. The normalized spacial score (nSPS) is 19.0. The van der Waals surface area contributed by atoms with Gasteiger partial charge in [-0.05, 0) is 60.7 Å². The molecule has 0 spiro atoms. The summed E-state index contributed by atoms with van der Waals surface area (Å²) in [7, 11) is 1.68. The first-order chi connectivity index (χ1) is 13.8. The Morgan fingerprint density at radius 2 is 1.69 bits per heavy atom. The Balaban J connectivity index is 1.71. The van der Waals surface area contributed by atoms with Gasteiger partial charge in [0.2, 0.25) is 0 Å². The van der Waals surface area contributed by atoms with Crippen molar-refractivity contribution in [2.75, 3.05) is 13.6 Å². The quantitative estimate of drug-likeness (QED) is 0.864. The van der Waals surface area contributed by atoms with Crippen LogP contribution in [0.4, 0.5) is 9.18 Å². The van der Waals surface area contributed by atoms with E-state index >= 15 is 0 Å². The standard InChI is InChI=1S/C23H24FN3O2/c1-13-9-15(3)18(10-14(13)2)21-20-19(26(4)23(29)25-21)12-27(22(20)28)11-16-5-7-17(24)8-6-16/h5-10,21H,11-12H2,1-4H3,(H,25,29). The van der Waals surface area contributed by atoms with Crippen LogP contribution in [0, 0.1) is 26.6 Å². The molecule has 0 radical (unpaired) electrons. The van der Waals surface area contributed by atoms with E-state index in [0.717, 1.165) is 28.0 Å². The molecule has 1 N–H and O–H groups in total. The van der Waals surface area contributed by atoms with E-state index in [4.69, 9.17) is 0 Å². The fraction of sp³-hybridized carbons (Fsp3) is 0.304. The summed E-state index contributed by atoms with van der Waals surface area (Å²) in [5.74, 6) is -0.405. The molecule has 0 aromatic heterocycles. The lowest BCUT2D eigenvalue weighted by Crippen LogP contribution is -2.45. The summed E-state index contributed by atoms with van der Waals surface area (Å²) in [6, 6.07) is 9.59. The van der Waals surface area contributed by atoms with Crippen LogP contribution in [0.15, 0.2) is 47.7 Å². The summed E-state index contributed by atoms with van der Waals surface area (Å²) in [6.45, 7) is 6.81. The van der Waals surface area contributed by atoms with Crippen molar-refractivity contribution < 1.29 is 14.0 Å². The minimum atomic E-state index is -0.473. The number of hydrogen-bond donors (Lipinski definition) is 1. The molecule has 0 saturated heterocycles. The van der Waals surface area contributed by atoms with Gasteiger partial charge in [0.15, 0.2) is 0 Å². The predicted octanol–water partition coefficient (Wildman–Crippen LogP) is 3.74. The van der Waals surface area contributed by atoms with Gasteiger partial charge in [-0.1, -0.05) is 24.3 Å². The van der Waals surface area contributed by atoms with Gasteiger partial charge in [0.1, 0.15) is 5.82 Å². The lowest BCUT2D eigenvalue weighted by atomic mass is 9.90. The number of halogens is 1. The van der Waals surface area contributed by atoms with Crippen LogP contribution in [0.2, 0.25) is 0 Å². The molecule has 0 bridgehead atoms. The number of amides is 3. The van der Waals surface area contributed by atoms with E-state index < -0.39 is 6.04 Å². The molecular formula is C23H24FN3O2. The highest BCUT2D eigenvalue weighted by atomic mass is 19.1. The molecule has 2 aromatic carbocycles. The summed E-state index contributed by atoms with van der Waals surface area (Å²) in [5.41, 5.74) is 6.47. The molecule has 0 aliphatic carbocycles. The van der Waals surface area contributed by atoms with Gasteiger partial charge in [-0.3, -0.25) is 9.69 Å². The third kappa shape index (κ3) is 3.28. The first-order valence-electron chi connectivity index (χ1n) is 9.65. The molecule has 1 atom stereocenters. The van der Waals surface area contributed by atoms with Crippen LogP contribution in [-0.4, -0.2) is 35.3 Å². The van der Waals surface area contributed by atoms with Crippen LogP contribution in [0.5, 0.6) is 0 Å². The van der Waals surface area contributed by atoms with Crippen molar-refractivity contribution in [1.82, 2.24) is 15.1 Å². The van der Waals surface area contributed by atoms with Crippen LogP contribution >= 0.6 is 0 Å². The molecular weight excluding hydrogens is 369 g/mol. The van der Waals surface area contributed by atoms with E-state index in [2.05, 4.69) is 24.4 Å². The SMILES string of the molecule is Cc1cc(C)c(C2NC(=O)N(C)C3=C2C(=O)N(Cc2ccc(F)cc2)C3)cc1C. The number of rotatable bonds is 3. The molecule has 2 aliphatic rings. The van der Waals surface area contributed by atoms with Crippen LogP contribution < -0.4 is 5.32 Å². The Kier molecular flexibility index (Phi) is 4.65. The van der Waals surface area contributed by atoms with Crippen molar-refractivity contribution in [3.8, 4) is 0 Å². The molecule has 29 heavy (non-hydrogen) atoms. The Labute approximate surface area is 169 Å². The molecule has 0 fully saturated rings. The van der Waals surface area contributed by atoms with E-state index in [9.17, 15) is 14.0 Å². The molecule has 3 amide bonds. The number of hydrogen-bond acceptors (Lipinski definition) is 2. The topological polar surface area (TPSA) is 52.7 Å². The molecule has 5 nitrogen and oxygen atoms in total. The number of nitrogens with one attached hydrogen (secondary N) is 1. The van der Waals surface area contributed by atoms with Gasteiger partial charge < -0.3 is 10.2 Å². The number of aryl methyl sites for hydroxylation is 3. The molecule has 6 heteroatoms. The fourth-order valence-corrected chi connectivity index (χ4v) is 4.09. The summed E-state index contributed by atoms with van der Waals surface area (Å²) in [6.07, 6.45) is 0. The average molecular weight is 393 g/mol. The maximum atomic E-state index is 13.3. The zero-order valence-corrected chi connectivity index (χ0v) is 17.0. The number of likely N-dealkylation sites (N-methyl/N-ethyl adjacent to an activating group) is 1. The Morgan fingerprint density at radius 1 is 1.03 bits per heavy atom. The maximum Gasteiger partial charge on any atom is 0.322 e. The van der Waals surface area contributed by atoms with Crippen molar-refractivity contribution in [3.05, 3.63) is 81.3 Å². The number of benzene rings is 2. The second-order valence-electron chi connectivity index (χ2n) is 7.88. The molecule has 2 heterocycles. The van der Waals surface area contributed by atoms with Crippen LogP contribution in [-0.2, 0) is 11.3 Å². The first kappa shape index (κ1) is 19.2. The third-order valence-corrected chi connectivity index (χ3v) is 5.92. The lowest BCUT2D eigenvalue weighted by molar-refractivity contribution is -0.126. The summed E-state index contributed by atoms with van der Waals surface area (Å²) in [5, 5.41) is 3.00. The van der Waals surface area contributed by atoms with Gasteiger partial charge in [0.25, 0.3) is 5.91 Å². The highest BCUT2D eigenvalue weighted by Gasteiger charge is 2.43. The number of carbonyl (C=O) groups excluding carboxylic acids is 2. The largest absolute Gasteiger partial charge is 0.329 e. The minimum absolute atomic E-state index is 0.0983. The van der Waals surface area contributed by atoms with E-state index in [-0.39, 0.29) is 17.8 Å². The second kappa shape index (κ2) is 7.03. The van der Waals surface area contributed by atoms with Crippen LogP contribution in [0.1, 0.15) is 33.9 Å². The lowest BCUT2D eigenvalue weighted by Gasteiger charge is -2.32. The average Bonchev–Trinajstić information content (AvgIpc) is 3.00. The molecule has 4 rings (SSSR count). The van der Waals surface area contributed by atoms with Crippen molar-refractivity contribution in [3.63, 3.8) is 0 Å². The van der Waals surface area contributed by atoms with E-state index in [0.29, 0.717) is 18.7 Å². The van der Waals surface area contributed by atoms with Gasteiger partial charge in [-0.15, -0.1) is 0 Å². The van der Waals surface area contributed by atoms with Gasteiger partial charge in [-0.2, -0.15) is 0 Å². The predicted molar refractivity (Wildman–Crippen MR) is 109 cm³/mol. The summed E-state index contributed by atoms with van der Waals surface area (Å²) in [4.78, 5) is 29.2. The zero-order chi connectivity index (χ0) is 20.9. The summed E-state index contributed by atoms with van der Waals surface area (Å²) < 4.78 is 13.2. The number of carbonyl (C=O) groups is 2. The zero-order valence-electron chi connectivity index (χ0n) is 17.0. The second-order valence-corrected chi connectivity index (χ2v) is 7.88. The van der Waals surface area contributed by atoms with Crippen molar-refractivity contribution in [1.29, 1.82) is 0 Å². The highest BCUT2D eigenvalue weighted by Crippen LogP contribution is 2.37. The molecule has 2 aromatic rings. The van der Waals surface area contributed by atoms with Gasteiger partial charge in [0, 0.05) is 13.6 Å². The first-order valence-corrected chi connectivity index (χ1v) is 9.65. The third-order valence-electron chi connectivity index (χ3n) is 5.92. The van der Waals surface area contributed by atoms with E-state index in [1.54, 1.807) is 24.1 Å². The number of urea groups is 1. The Morgan fingerprint density at radius 3 is 2.38 bits per heavy atom. The molecule has 0 saturated carbocycles. The van der Waals surface area contributed by atoms with Gasteiger partial charge in [-0.25, -0.2) is 9.18 Å². The Bertz CT molecular complexity index is 1040. The minimum Gasteiger partial charge on any atom is -0.329 e. The van der Waals surface area contributed by atoms with E-state index in [1.807, 2.05) is 13.8 Å². The van der Waals surface area contributed by atoms with Crippen LogP contribution in [0.25, 0.3) is 0 Å². The molecule has 2 aliphatic heterocycles. The highest BCUT2D eigenvalue weighted by molar-refractivity contribution is 6.01. The van der Waals surface area contributed by atoms with E-state index in [1.165, 1.54) is 22.6 Å². The van der Waals surface area contributed by atoms with Crippen molar-refractivity contribution >= 4 is 11.9 Å².